The normalized spacial score (nSPS) is 14.0. The standard InChI is InChI=1S/C17H28N2O2/c1-14(2)13-19-16(21)12-17(18,10-6-7-11-20)15-8-4-3-5-9-15/h3-5,8-9,14,20H,6-7,10-13,18H2,1-2H3,(H,19,21). The monoisotopic (exact) mass is 292 g/mol. The van der Waals surface area contributed by atoms with Crippen LogP contribution in [0.25, 0.3) is 0 Å². The van der Waals surface area contributed by atoms with Gasteiger partial charge in [0.05, 0.1) is 0 Å². The summed E-state index contributed by atoms with van der Waals surface area (Å²) in [7, 11) is 0. The van der Waals surface area contributed by atoms with E-state index in [2.05, 4.69) is 19.2 Å². The molecule has 0 saturated carbocycles. The number of carbonyl (C=O) groups is 1. The Morgan fingerprint density at radius 1 is 1.29 bits per heavy atom. The molecule has 4 N–H and O–H groups in total. The van der Waals surface area contributed by atoms with Gasteiger partial charge in [-0.1, -0.05) is 44.2 Å². The Morgan fingerprint density at radius 3 is 2.52 bits per heavy atom. The lowest BCUT2D eigenvalue weighted by atomic mass is 9.82. The molecule has 1 aromatic rings. The Bertz CT molecular complexity index is 420. The van der Waals surface area contributed by atoms with Crippen molar-refractivity contribution in [1.82, 2.24) is 5.32 Å². The van der Waals surface area contributed by atoms with Gasteiger partial charge in [0.25, 0.3) is 0 Å². The van der Waals surface area contributed by atoms with E-state index in [9.17, 15) is 4.79 Å². The number of hydrogen-bond donors (Lipinski definition) is 3. The quantitative estimate of drug-likeness (QED) is 0.611. The van der Waals surface area contributed by atoms with E-state index in [1.807, 2.05) is 30.3 Å². The first-order valence-electron chi connectivity index (χ1n) is 7.70. The summed E-state index contributed by atoms with van der Waals surface area (Å²) in [6, 6.07) is 9.75. The van der Waals surface area contributed by atoms with Gasteiger partial charge >= 0.3 is 0 Å². The first-order valence-corrected chi connectivity index (χ1v) is 7.70. The Morgan fingerprint density at radius 2 is 1.95 bits per heavy atom. The number of nitrogens with one attached hydrogen (secondary N) is 1. The second-order valence-electron chi connectivity index (χ2n) is 6.08. The van der Waals surface area contributed by atoms with E-state index < -0.39 is 5.54 Å². The fourth-order valence-electron chi connectivity index (χ4n) is 2.32. The highest BCUT2D eigenvalue weighted by Crippen LogP contribution is 2.28. The van der Waals surface area contributed by atoms with Crippen LogP contribution in [0.15, 0.2) is 30.3 Å². The zero-order valence-corrected chi connectivity index (χ0v) is 13.1. The molecule has 1 unspecified atom stereocenters. The van der Waals surface area contributed by atoms with E-state index in [0.717, 1.165) is 12.0 Å². The maximum atomic E-state index is 12.1. The molecular formula is C17H28N2O2. The molecule has 1 amide bonds. The fraction of sp³-hybridized carbons (Fsp3) is 0.588. The van der Waals surface area contributed by atoms with E-state index >= 15 is 0 Å². The van der Waals surface area contributed by atoms with Gasteiger partial charge < -0.3 is 16.2 Å². The molecule has 0 aliphatic heterocycles. The third kappa shape index (κ3) is 6.27. The number of nitrogens with two attached hydrogens (primary N) is 1. The number of hydrogen-bond acceptors (Lipinski definition) is 3. The molecule has 21 heavy (non-hydrogen) atoms. The largest absolute Gasteiger partial charge is 0.396 e. The van der Waals surface area contributed by atoms with Crippen molar-refractivity contribution in [2.75, 3.05) is 13.2 Å². The molecule has 0 saturated heterocycles. The van der Waals surface area contributed by atoms with E-state index in [0.29, 0.717) is 25.3 Å². The lowest BCUT2D eigenvalue weighted by Gasteiger charge is -2.30. The topological polar surface area (TPSA) is 75.4 Å². The SMILES string of the molecule is CC(C)CNC(=O)CC(N)(CCCCO)c1ccccc1. The summed E-state index contributed by atoms with van der Waals surface area (Å²) in [4.78, 5) is 12.1. The molecule has 1 aromatic carbocycles. The van der Waals surface area contributed by atoms with Gasteiger partial charge in [0.15, 0.2) is 0 Å². The zero-order chi connectivity index (χ0) is 15.7. The van der Waals surface area contributed by atoms with Gasteiger partial charge in [0.1, 0.15) is 0 Å². The smallest absolute Gasteiger partial charge is 0.222 e. The number of benzene rings is 1. The van der Waals surface area contributed by atoms with Crippen molar-refractivity contribution in [3.63, 3.8) is 0 Å². The molecule has 0 bridgehead atoms. The van der Waals surface area contributed by atoms with Crippen LogP contribution in [0.4, 0.5) is 0 Å². The Labute approximate surface area is 127 Å². The van der Waals surface area contributed by atoms with E-state index in [1.165, 1.54) is 0 Å². The van der Waals surface area contributed by atoms with Crippen molar-refractivity contribution in [1.29, 1.82) is 0 Å². The van der Waals surface area contributed by atoms with Crippen molar-refractivity contribution in [2.24, 2.45) is 11.7 Å². The second-order valence-corrected chi connectivity index (χ2v) is 6.08. The number of carbonyl (C=O) groups excluding carboxylic acids is 1. The number of amides is 1. The molecule has 0 spiro atoms. The Kier molecular flexibility index (Phi) is 7.40. The summed E-state index contributed by atoms with van der Waals surface area (Å²) >= 11 is 0. The molecule has 0 radical (unpaired) electrons. The van der Waals surface area contributed by atoms with E-state index in [4.69, 9.17) is 10.8 Å². The van der Waals surface area contributed by atoms with Gasteiger partial charge in [-0.25, -0.2) is 0 Å². The van der Waals surface area contributed by atoms with E-state index in [1.54, 1.807) is 0 Å². The van der Waals surface area contributed by atoms with Crippen molar-refractivity contribution >= 4 is 5.91 Å². The maximum Gasteiger partial charge on any atom is 0.222 e. The van der Waals surface area contributed by atoms with Crippen LogP contribution in [-0.2, 0) is 10.3 Å². The van der Waals surface area contributed by atoms with Crippen molar-refractivity contribution in [2.45, 2.75) is 45.1 Å². The summed E-state index contributed by atoms with van der Waals surface area (Å²) in [5, 5.41) is 11.9. The number of aliphatic hydroxyl groups is 1. The molecule has 4 heteroatoms. The van der Waals surface area contributed by atoms with Crippen LogP contribution >= 0.6 is 0 Å². The minimum atomic E-state index is -0.669. The molecule has 1 rings (SSSR count). The van der Waals surface area contributed by atoms with Crippen LogP contribution in [0.2, 0.25) is 0 Å². The van der Waals surface area contributed by atoms with Crippen LogP contribution in [-0.4, -0.2) is 24.2 Å². The summed E-state index contributed by atoms with van der Waals surface area (Å²) in [5.74, 6) is 0.409. The van der Waals surface area contributed by atoms with Gasteiger partial charge in [0, 0.05) is 25.1 Å². The van der Waals surface area contributed by atoms with Crippen molar-refractivity contribution < 1.29 is 9.90 Å². The van der Waals surface area contributed by atoms with Crippen molar-refractivity contribution in [3.8, 4) is 0 Å². The number of rotatable bonds is 9. The highest BCUT2D eigenvalue weighted by Gasteiger charge is 2.29. The van der Waals surface area contributed by atoms with Crippen LogP contribution in [0, 0.1) is 5.92 Å². The third-order valence-electron chi connectivity index (χ3n) is 3.56. The predicted molar refractivity (Wildman–Crippen MR) is 85.7 cm³/mol. The highest BCUT2D eigenvalue weighted by atomic mass is 16.2. The average molecular weight is 292 g/mol. The minimum Gasteiger partial charge on any atom is -0.396 e. The average Bonchev–Trinajstić information content (AvgIpc) is 2.46. The first-order chi connectivity index (χ1) is 9.98. The Balaban J connectivity index is 2.74. The van der Waals surface area contributed by atoms with Gasteiger partial charge in [-0.05, 0) is 30.7 Å². The number of unbranched alkanes of at least 4 members (excludes halogenated alkanes) is 1. The molecule has 0 fully saturated rings. The molecule has 0 aliphatic rings. The van der Waals surface area contributed by atoms with Crippen LogP contribution in [0.5, 0.6) is 0 Å². The molecular weight excluding hydrogens is 264 g/mol. The van der Waals surface area contributed by atoms with E-state index in [-0.39, 0.29) is 18.9 Å². The lowest BCUT2D eigenvalue weighted by molar-refractivity contribution is -0.122. The van der Waals surface area contributed by atoms with Gasteiger partial charge in [-0.15, -0.1) is 0 Å². The predicted octanol–water partition coefficient (Wildman–Crippen LogP) is 2.17. The van der Waals surface area contributed by atoms with Gasteiger partial charge in [0.2, 0.25) is 5.91 Å². The maximum absolute atomic E-state index is 12.1. The van der Waals surface area contributed by atoms with Crippen LogP contribution in [0.1, 0.15) is 45.1 Å². The molecule has 118 valence electrons. The fourth-order valence-corrected chi connectivity index (χ4v) is 2.32. The highest BCUT2D eigenvalue weighted by molar-refractivity contribution is 5.77. The minimum absolute atomic E-state index is 0.0148. The van der Waals surface area contributed by atoms with Gasteiger partial charge in [-0.3, -0.25) is 4.79 Å². The summed E-state index contributed by atoms with van der Waals surface area (Å²) < 4.78 is 0. The summed E-state index contributed by atoms with van der Waals surface area (Å²) in [6.45, 7) is 4.95. The second kappa shape index (κ2) is 8.80. The van der Waals surface area contributed by atoms with Crippen molar-refractivity contribution in [3.05, 3.63) is 35.9 Å². The molecule has 1 atom stereocenters. The summed E-state index contributed by atoms with van der Waals surface area (Å²) in [5.41, 5.74) is 6.83. The number of aliphatic hydroxyl groups excluding tert-OH is 1. The third-order valence-corrected chi connectivity index (χ3v) is 3.56. The first kappa shape index (κ1) is 17.7. The van der Waals surface area contributed by atoms with Gasteiger partial charge in [-0.2, -0.15) is 0 Å². The molecule has 0 aromatic heterocycles. The molecule has 0 aliphatic carbocycles. The molecule has 0 heterocycles. The van der Waals surface area contributed by atoms with Crippen LogP contribution in [0.3, 0.4) is 0 Å². The Hall–Kier alpha value is -1.39. The molecule has 4 nitrogen and oxygen atoms in total. The summed E-state index contributed by atoms with van der Waals surface area (Å²) in [6.07, 6.45) is 2.47. The van der Waals surface area contributed by atoms with Crippen LogP contribution < -0.4 is 11.1 Å². The zero-order valence-electron chi connectivity index (χ0n) is 13.1. The lowest BCUT2D eigenvalue weighted by Crippen LogP contribution is -2.42.